The van der Waals surface area contributed by atoms with Crippen molar-refractivity contribution in [3.63, 3.8) is 0 Å². The maximum absolute atomic E-state index is 11.5. The number of hydrogen-bond acceptors (Lipinski definition) is 5. The third-order valence-electron chi connectivity index (χ3n) is 4.15. The van der Waals surface area contributed by atoms with E-state index in [1.165, 1.54) is 7.11 Å². The average Bonchev–Trinajstić information content (AvgIpc) is 3.19. The predicted octanol–water partition coefficient (Wildman–Crippen LogP) is 4.85. The molecule has 0 spiro atoms. The van der Waals surface area contributed by atoms with E-state index in [9.17, 15) is 4.79 Å². The number of ether oxygens (including phenoxy) is 2. The van der Waals surface area contributed by atoms with Gasteiger partial charge in [-0.1, -0.05) is 18.2 Å². The quantitative estimate of drug-likeness (QED) is 0.498. The number of furan rings is 2. The highest BCUT2D eigenvalue weighted by molar-refractivity contribution is 6.05. The Kier molecular flexibility index (Phi) is 3.69. The monoisotopic (exact) mass is 336 g/mol. The number of hydrogen-bond donors (Lipinski definition) is 0. The molecule has 0 aliphatic heterocycles. The van der Waals surface area contributed by atoms with Crippen molar-refractivity contribution in [1.82, 2.24) is 0 Å². The lowest BCUT2D eigenvalue weighted by atomic mass is 10.1. The van der Waals surface area contributed by atoms with E-state index in [4.69, 9.17) is 13.6 Å². The van der Waals surface area contributed by atoms with Crippen LogP contribution in [0.25, 0.3) is 21.9 Å². The van der Waals surface area contributed by atoms with Crippen molar-refractivity contribution in [3.8, 4) is 5.75 Å². The molecule has 126 valence electrons. The van der Waals surface area contributed by atoms with Crippen molar-refractivity contribution in [2.75, 3.05) is 7.11 Å². The number of esters is 1. The maximum Gasteiger partial charge on any atom is 0.373 e. The first-order chi connectivity index (χ1) is 12.2. The van der Waals surface area contributed by atoms with Crippen LogP contribution < -0.4 is 4.74 Å². The van der Waals surface area contributed by atoms with E-state index in [0.29, 0.717) is 12.4 Å². The number of carbonyl (C=O) groups is 1. The van der Waals surface area contributed by atoms with Gasteiger partial charge in [0.05, 0.1) is 7.11 Å². The van der Waals surface area contributed by atoms with Gasteiger partial charge in [-0.2, -0.15) is 0 Å². The number of para-hydroxylation sites is 1. The van der Waals surface area contributed by atoms with E-state index in [1.54, 1.807) is 13.0 Å². The molecule has 0 saturated heterocycles. The van der Waals surface area contributed by atoms with Gasteiger partial charge in [0, 0.05) is 16.3 Å². The zero-order valence-electron chi connectivity index (χ0n) is 13.9. The van der Waals surface area contributed by atoms with Gasteiger partial charge < -0.3 is 18.3 Å². The van der Waals surface area contributed by atoms with Gasteiger partial charge in [-0.15, -0.1) is 0 Å². The molecule has 2 aromatic carbocycles. The molecule has 0 fully saturated rings. The predicted molar refractivity (Wildman–Crippen MR) is 92.8 cm³/mol. The minimum absolute atomic E-state index is 0.176. The summed E-state index contributed by atoms with van der Waals surface area (Å²) >= 11 is 0. The molecule has 0 aliphatic rings. The Morgan fingerprint density at radius 3 is 2.64 bits per heavy atom. The van der Waals surface area contributed by atoms with Crippen LogP contribution in [0, 0.1) is 6.92 Å². The molecule has 4 aromatic rings. The van der Waals surface area contributed by atoms with Crippen LogP contribution in [0.3, 0.4) is 0 Å². The highest BCUT2D eigenvalue weighted by Gasteiger charge is 2.15. The highest BCUT2D eigenvalue weighted by Crippen LogP contribution is 2.31. The van der Waals surface area contributed by atoms with E-state index >= 15 is 0 Å². The number of aryl methyl sites for hydroxylation is 1. The molecule has 0 N–H and O–H groups in total. The first-order valence-electron chi connectivity index (χ1n) is 7.87. The summed E-state index contributed by atoms with van der Waals surface area (Å²) in [6.45, 7) is 2.09. The Morgan fingerprint density at radius 1 is 1.00 bits per heavy atom. The van der Waals surface area contributed by atoms with Gasteiger partial charge in [-0.25, -0.2) is 4.79 Å². The van der Waals surface area contributed by atoms with E-state index in [-0.39, 0.29) is 5.76 Å². The van der Waals surface area contributed by atoms with Gasteiger partial charge in [0.1, 0.15) is 29.3 Å². The van der Waals surface area contributed by atoms with E-state index in [0.717, 1.165) is 33.3 Å². The molecule has 25 heavy (non-hydrogen) atoms. The van der Waals surface area contributed by atoms with Gasteiger partial charge in [-0.05, 0) is 37.3 Å². The van der Waals surface area contributed by atoms with Crippen LogP contribution in [0.1, 0.15) is 21.9 Å². The fourth-order valence-electron chi connectivity index (χ4n) is 2.82. The zero-order valence-corrected chi connectivity index (χ0v) is 13.9. The third kappa shape index (κ3) is 2.74. The summed E-state index contributed by atoms with van der Waals surface area (Å²) in [7, 11) is 1.32. The number of benzene rings is 2. The lowest BCUT2D eigenvalue weighted by Crippen LogP contribution is -1.99. The SMILES string of the molecule is COC(=O)c1cc(COc2ccc3oc4ccccc4c3c2)c(C)o1. The van der Waals surface area contributed by atoms with Gasteiger partial charge in [0.25, 0.3) is 0 Å². The molecule has 0 bridgehead atoms. The lowest BCUT2D eigenvalue weighted by Gasteiger charge is -2.05. The molecular formula is C20H16O5. The van der Waals surface area contributed by atoms with Crippen molar-refractivity contribution in [3.05, 3.63) is 65.6 Å². The third-order valence-corrected chi connectivity index (χ3v) is 4.15. The Morgan fingerprint density at radius 2 is 1.80 bits per heavy atom. The molecule has 0 saturated carbocycles. The summed E-state index contributed by atoms with van der Waals surface area (Å²) < 4.78 is 21.7. The largest absolute Gasteiger partial charge is 0.489 e. The van der Waals surface area contributed by atoms with Gasteiger partial charge in [0.2, 0.25) is 5.76 Å². The van der Waals surface area contributed by atoms with Crippen LogP contribution in [0.2, 0.25) is 0 Å². The molecule has 0 radical (unpaired) electrons. The van der Waals surface area contributed by atoms with Gasteiger partial charge in [0.15, 0.2) is 0 Å². The van der Waals surface area contributed by atoms with Gasteiger partial charge >= 0.3 is 5.97 Å². The Balaban J connectivity index is 1.60. The van der Waals surface area contributed by atoms with E-state index in [1.807, 2.05) is 42.5 Å². The summed E-state index contributed by atoms with van der Waals surface area (Å²) in [4.78, 5) is 11.5. The standard InChI is InChI=1S/C20H16O5/c1-12-13(9-19(24-12)20(21)22-2)11-23-14-7-8-18-16(10-14)15-5-3-4-6-17(15)25-18/h3-10H,11H2,1-2H3. The molecular weight excluding hydrogens is 320 g/mol. The number of methoxy groups -OCH3 is 1. The molecule has 2 heterocycles. The fourth-order valence-corrected chi connectivity index (χ4v) is 2.82. The van der Waals surface area contributed by atoms with Crippen molar-refractivity contribution >= 4 is 27.9 Å². The molecule has 0 amide bonds. The fraction of sp³-hybridized carbons (Fsp3) is 0.150. The minimum Gasteiger partial charge on any atom is -0.489 e. The summed E-state index contributed by atoms with van der Waals surface area (Å²) in [5.41, 5.74) is 2.47. The molecule has 0 aliphatic carbocycles. The summed E-state index contributed by atoms with van der Waals surface area (Å²) in [6.07, 6.45) is 0. The molecule has 4 rings (SSSR count). The minimum atomic E-state index is -0.499. The van der Waals surface area contributed by atoms with Crippen LogP contribution in [0.4, 0.5) is 0 Å². The summed E-state index contributed by atoms with van der Waals surface area (Å²) in [6, 6.07) is 15.3. The topological polar surface area (TPSA) is 61.8 Å². The van der Waals surface area contributed by atoms with Gasteiger partial charge in [-0.3, -0.25) is 0 Å². The van der Waals surface area contributed by atoms with Crippen molar-refractivity contribution in [1.29, 1.82) is 0 Å². The first kappa shape index (κ1) is 15.3. The molecule has 0 atom stereocenters. The highest BCUT2D eigenvalue weighted by atomic mass is 16.5. The second-order valence-corrected chi connectivity index (χ2v) is 5.73. The Hall–Kier alpha value is -3.21. The molecule has 5 nitrogen and oxygen atoms in total. The Bertz CT molecular complexity index is 1070. The van der Waals surface area contributed by atoms with Crippen LogP contribution in [0.5, 0.6) is 5.75 Å². The normalized spacial score (nSPS) is 11.1. The number of fused-ring (bicyclic) bond motifs is 3. The van der Waals surface area contributed by atoms with Crippen LogP contribution in [0.15, 0.2) is 57.4 Å². The van der Waals surface area contributed by atoms with Crippen LogP contribution in [-0.4, -0.2) is 13.1 Å². The van der Waals surface area contributed by atoms with Crippen molar-refractivity contribution in [2.45, 2.75) is 13.5 Å². The summed E-state index contributed by atoms with van der Waals surface area (Å²) in [5, 5.41) is 2.06. The maximum atomic E-state index is 11.5. The average molecular weight is 336 g/mol. The molecule has 0 unspecified atom stereocenters. The lowest BCUT2D eigenvalue weighted by molar-refractivity contribution is 0.0563. The number of rotatable bonds is 4. The smallest absolute Gasteiger partial charge is 0.373 e. The molecule has 5 heteroatoms. The van der Waals surface area contributed by atoms with E-state index in [2.05, 4.69) is 4.74 Å². The Labute approximate surface area is 143 Å². The van der Waals surface area contributed by atoms with E-state index < -0.39 is 5.97 Å². The van der Waals surface area contributed by atoms with Crippen LogP contribution >= 0.6 is 0 Å². The summed E-state index contributed by atoms with van der Waals surface area (Å²) in [5.74, 6) is 1.03. The second-order valence-electron chi connectivity index (χ2n) is 5.73. The van der Waals surface area contributed by atoms with Crippen molar-refractivity contribution < 1.29 is 23.1 Å². The zero-order chi connectivity index (χ0) is 17.4. The van der Waals surface area contributed by atoms with Crippen molar-refractivity contribution in [2.24, 2.45) is 0 Å². The number of carbonyl (C=O) groups excluding carboxylic acids is 1. The molecule has 2 aromatic heterocycles. The first-order valence-corrected chi connectivity index (χ1v) is 7.87. The van der Waals surface area contributed by atoms with Crippen LogP contribution in [-0.2, 0) is 11.3 Å². The second kappa shape index (κ2) is 6.02.